The lowest BCUT2D eigenvalue weighted by molar-refractivity contribution is 0.494. The Hall–Kier alpha value is 0.310. The Morgan fingerprint density at radius 2 is 1.67 bits per heavy atom. The maximum atomic E-state index is 5.82. The van der Waals surface area contributed by atoms with Crippen molar-refractivity contribution in [3.05, 3.63) is 0 Å². The molecule has 2 unspecified atom stereocenters. The second-order valence-electron chi connectivity index (χ2n) is 3.29. The van der Waals surface area contributed by atoms with E-state index in [9.17, 15) is 0 Å². The molecule has 2 heteroatoms. The zero-order chi connectivity index (χ0) is 6.27. The molecular weight excluding hydrogens is 130 g/mol. The monoisotopic (exact) mass is 143 g/mol. The van der Waals surface area contributed by atoms with Gasteiger partial charge in [0.05, 0.1) is 0 Å². The van der Waals surface area contributed by atoms with Crippen LogP contribution in [0, 0.1) is 11.8 Å². The molecule has 52 valence electrons. The second kappa shape index (κ2) is 2.17. The molecule has 1 aliphatic carbocycles. The summed E-state index contributed by atoms with van der Waals surface area (Å²) in [6, 6.07) is 0.542. The predicted molar refractivity (Wildman–Crippen MR) is 41.5 cm³/mol. The molecule has 0 bridgehead atoms. The van der Waals surface area contributed by atoms with E-state index in [2.05, 4.69) is 11.8 Å². The molecule has 2 N–H and O–H groups in total. The minimum atomic E-state index is 0.542. The lowest BCUT2D eigenvalue weighted by Gasteiger charge is -2.02. The van der Waals surface area contributed by atoms with E-state index in [4.69, 9.17) is 5.73 Å². The van der Waals surface area contributed by atoms with E-state index in [1.807, 2.05) is 0 Å². The summed E-state index contributed by atoms with van der Waals surface area (Å²) in [4.78, 5) is 0. The van der Waals surface area contributed by atoms with Crippen LogP contribution in [0.3, 0.4) is 0 Å². The predicted octanol–water partition coefficient (Wildman–Crippen LogP) is 1.09. The standard InChI is InChI=1S/C7H13NS/c8-7-1-5-3-9-4-6(5)2-7/h5-7H,1-4,8H2. The van der Waals surface area contributed by atoms with Crippen LogP contribution in [-0.2, 0) is 0 Å². The first-order chi connectivity index (χ1) is 4.36. The van der Waals surface area contributed by atoms with Crippen molar-refractivity contribution in [2.24, 2.45) is 17.6 Å². The van der Waals surface area contributed by atoms with Crippen LogP contribution < -0.4 is 5.73 Å². The maximum Gasteiger partial charge on any atom is 0.00449 e. The summed E-state index contributed by atoms with van der Waals surface area (Å²) in [5.74, 6) is 4.76. The molecule has 0 aromatic heterocycles. The van der Waals surface area contributed by atoms with Crippen LogP contribution in [0.2, 0.25) is 0 Å². The molecule has 0 aromatic rings. The topological polar surface area (TPSA) is 26.0 Å². The average molecular weight is 143 g/mol. The van der Waals surface area contributed by atoms with Gasteiger partial charge in [-0.25, -0.2) is 0 Å². The van der Waals surface area contributed by atoms with Gasteiger partial charge in [0.1, 0.15) is 0 Å². The number of hydrogen-bond donors (Lipinski definition) is 1. The molecule has 1 saturated heterocycles. The zero-order valence-electron chi connectivity index (χ0n) is 5.55. The minimum Gasteiger partial charge on any atom is -0.328 e. The van der Waals surface area contributed by atoms with Crippen molar-refractivity contribution < 1.29 is 0 Å². The van der Waals surface area contributed by atoms with Crippen molar-refractivity contribution in [1.29, 1.82) is 0 Å². The molecule has 9 heavy (non-hydrogen) atoms. The highest BCUT2D eigenvalue weighted by molar-refractivity contribution is 7.99. The molecule has 1 nitrogen and oxygen atoms in total. The smallest absolute Gasteiger partial charge is 0.00449 e. The maximum absolute atomic E-state index is 5.82. The van der Waals surface area contributed by atoms with E-state index in [-0.39, 0.29) is 0 Å². The van der Waals surface area contributed by atoms with Gasteiger partial charge in [0.15, 0.2) is 0 Å². The van der Waals surface area contributed by atoms with Gasteiger partial charge in [0.25, 0.3) is 0 Å². The molecule has 1 saturated carbocycles. The van der Waals surface area contributed by atoms with Crippen LogP contribution in [0.1, 0.15) is 12.8 Å². The molecular formula is C7H13NS. The van der Waals surface area contributed by atoms with Gasteiger partial charge in [-0.2, -0.15) is 11.8 Å². The lowest BCUT2D eigenvalue weighted by Crippen LogP contribution is -2.15. The van der Waals surface area contributed by atoms with Crippen LogP contribution in [0.4, 0.5) is 0 Å². The van der Waals surface area contributed by atoms with Gasteiger partial charge < -0.3 is 5.73 Å². The first kappa shape index (κ1) is 6.05. The summed E-state index contributed by atoms with van der Waals surface area (Å²) in [6.07, 6.45) is 2.61. The van der Waals surface area contributed by atoms with Gasteiger partial charge in [-0.15, -0.1) is 0 Å². The molecule has 0 radical (unpaired) electrons. The fraction of sp³-hybridized carbons (Fsp3) is 1.00. The number of fused-ring (bicyclic) bond motifs is 1. The highest BCUT2D eigenvalue weighted by Crippen LogP contribution is 2.41. The van der Waals surface area contributed by atoms with E-state index in [0.717, 1.165) is 11.8 Å². The van der Waals surface area contributed by atoms with E-state index in [1.54, 1.807) is 0 Å². The fourth-order valence-corrected chi connectivity index (χ4v) is 3.60. The summed E-state index contributed by atoms with van der Waals surface area (Å²) in [5.41, 5.74) is 5.82. The summed E-state index contributed by atoms with van der Waals surface area (Å²) in [6.45, 7) is 0. The Bertz CT molecular complexity index is 103. The highest BCUT2D eigenvalue weighted by Gasteiger charge is 2.35. The van der Waals surface area contributed by atoms with Gasteiger partial charge in [-0.3, -0.25) is 0 Å². The van der Waals surface area contributed by atoms with Gasteiger partial charge >= 0.3 is 0 Å². The third kappa shape index (κ3) is 0.987. The number of thioether (sulfide) groups is 1. The Balaban J connectivity index is 2.02. The molecule has 0 aromatic carbocycles. The first-order valence-corrected chi connectivity index (χ1v) is 4.85. The Morgan fingerprint density at radius 1 is 1.11 bits per heavy atom. The SMILES string of the molecule is NC1CC2CSCC2C1. The van der Waals surface area contributed by atoms with E-state index in [1.165, 1.54) is 24.3 Å². The lowest BCUT2D eigenvalue weighted by atomic mass is 10.0. The van der Waals surface area contributed by atoms with Gasteiger partial charge in [0.2, 0.25) is 0 Å². The molecule has 1 heterocycles. The van der Waals surface area contributed by atoms with E-state index in [0.29, 0.717) is 6.04 Å². The minimum absolute atomic E-state index is 0.542. The van der Waals surface area contributed by atoms with E-state index < -0.39 is 0 Å². The Labute approximate surface area is 60.4 Å². The molecule has 2 atom stereocenters. The molecule has 1 aliphatic heterocycles. The Morgan fingerprint density at radius 3 is 2.22 bits per heavy atom. The normalized spacial score (nSPS) is 49.7. The summed E-state index contributed by atoms with van der Waals surface area (Å²) >= 11 is 2.11. The van der Waals surface area contributed by atoms with Crippen LogP contribution >= 0.6 is 11.8 Å². The van der Waals surface area contributed by atoms with Crippen LogP contribution in [-0.4, -0.2) is 17.5 Å². The van der Waals surface area contributed by atoms with Crippen molar-refractivity contribution in [1.82, 2.24) is 0 Å². The van der Waals surface area contributed by atoms with E-state index >= 15 is 0 Å². The van der Waals surface area contributed by atoms with Crippen molar-refractivity contribution in [2.45, 2.75) is 18.9 Å². The third-order valence-corrected chi connectivity index (χ3v) is 3.87. The van der Waals surface area contributed by atoms with Crippen molar-refractivity contribution in [2.75, 3.05) is 11.5 Å². The third-order valence-electron chi connectivity index (χ3n) is 2.54. The van der Waals surface area contributed by atoms with Crippen LogP contribution in [0.5, 0.6) is 0 Å². The summed E-state index contributed by atoms with van der Waals surface area (Å²) in [7, 11) is 0. The average Bonchev–Trinajstić information content (AvgIpc) is 2.22. The molecule has 0 amide bonds. The Kier molecular flexibility index (Phi) is 1.46. The molecule has 2 rings (SSSR count). The van der Waals surface area contributed by atoms with Crippen molar-refractivity contribution >= 4 is 11.8 Å². The first-order valence-electron chi connectivity index (χ1n) is 3.69. The van der Waals surface area contributed by atoms with Gasteiger partial charge in [-0.1, -0.05) is 0 Å². The highest BCUT2D eigenvalue weighted by atomic mass is 32.2. The number of nitrogens with two attached hydrogens (primary N) is 1. The summed E-state index contributed by atoms with van der Waals surface area (Å²) in [5, 5.41) is 0. The zero-order valence-corrected chi connectivity index (χ0v) is 6.36. The molecule has 2 aliphatic rings. The van der Waals surface area contributed by atoms with Gasteiger partial charge in [-0.05, 0) is 36.2 Å². The van der Waals surface area contributed by atoms with Crippen molar-refractivity contribution in [3.63, 3.8) is 0 Å². The van der Waals surface area contributed by atoms with Crippen molar-refractivity contribution in [3.8, 4) is 0 Å². The quantitative estimate of drug-likeness (QED) is 0.549. The fourth-order valence-electron chi connectivity index (χ4n) is 2.04. The van der Waals surface area contributed by atoms with Gasteiger partial charge in [0, 0.05) is 6.04 Å². The molecule has 2 fully saturated rings. The van der Waals surface area contributed by atoms with Crippen LogP contribution in [0.15, 0.2) is 0 Å². The largest absolute Gasteiger partial charge is 0.328 e. The second-order valence-corrected chi connectivity index (χ2v) is 4.36. The van der Waals surface area contributed by atoms with Crippen LogP contribution in [0.25, 0.3) is 0 Å². The summed E-state index contributed by atoms with van der Waals surface area (Å²) < 4.78 is 0. The number of rotatable bonds is 0. The molecule has 0 spiro atoms. The number of hydrogen-bond acceptors (Lipinski definition) is 2.